The predicted octanol–water partition coefficient (Wildman–Crippen LogP) is 1.98. The summed E-state index contributed by atoms with van der Waals surface area (Å²) in [5, 5.41) is 4.51. The molecule has 2 heterocycles. The van der Waals surface area contributed by atoms with E-state index in [1.165, 1.54) is 0 Å². The van der Waals surface area contributed by atoms with Crippen LogP contribution >= 0.6 is 11.6 Å². The van der Waals surface area contributed by atoms with Crippen molar-refractivity contribution in [3.05, 3.63) is 29.2 Å². The highest BCUT2D eigenvalue weighted by Crippen LogP contribution is 2.48. The number of fused-ring (bicyclic) bond motifs is 1. The molecule has 2 aromatic heterocycles. The SMILES string of the molecule is CCOC(=O)C1(c2cn3nc(Cl)ccc3n2)CC1. The fourth-order valence-electron chi connectivity index (χ4n) is 2.05. The van der Waals surface area contributed by atoms with Crippen molar-refractivity contribution in [1.29, 1.82) is 0 Å². The molecule has 0 saturated heterocycles. The molecule has 5 nitrogen and oxygen atoms in total. The lowest BCUT2D eigenvalue weighted by molar-refractivity contribution is -0.146. The molecular formula is C12H12ClN3O2. The molecule has 18 heavy (non-hydrogen) atoms. The lowest BCUT2D eigenvalue weighted by Crippen LogP contribution is -2.23. The third-order valence-corrected chi connectivity index (χ3v) is 3.40. The Balaban J connectivity index is 2.02. The van der Waals surface area contributed by atoms with Crippen molar-refractivity contribution in [1.82, 2.24) is 14.6 Å². The van der Waals surface area contributed by atoms with E-state index >= 15 is 0 Å². The number of imidazole rings is 1. The summed E-state index contributed by atoms with van der Waals surface area (Å²) in [6.07, 6.45) is 3.32. The number of aromatic nitrogens is 3. The number of hydrogen-bond donors (Lipinski definition) is 0. The molecule has 1 saturated carbocycles. The molecule has 1 fully saturated rings. The summed E-state index contributed by atoms with van der Waals surface area (Å²) in [7, 11) is 0. The highest BCUT2D eigenvalue weighted by Gasteiger charge is 2.54. The van der Waals surface area contributed by atoms with Crippen LogP contribution in [0.15, 0.2) is 18.3 Å². The standard InChI is InChI=1S/C12H12ClN3O2/c1-2-18-11(17)12(5-6-12)8-7-16-10(14-8)4-3-9(13)15-16/h3-4,7H,2,5-6H2,1H3. The largest absolute Gasteiger partial charge is 0.465 e. The van der Waals surface area contributed by atoms with Crippen molar-refractivity contribution in [2.24, 2.45) is 0 Å². The quantitative estimate of drug-likeness (QED) is 0.797. The van der Waals surface area contributed by atoms with Gasteiger partial charge in [0.2, 0.25) is 0 Å². The average Bonchev–Trinajstić information content (AvgIpc) is 3.05. The Bertz CT molecular complexity index is 619. The van der Waals surface area contributed by atoms with Gasteiger partial charge in [-0.1, -0.05) is 11.6 Å². The summed E-state index contributed by atoms with van der Waals surface area (Å²) < 4.78 is 6.70. The Morgan fingerprint density at radius 3 is 3.00 bits per heavy atom. The van der Waals surface area contributed by atoms with E-state index in [0.29, 0.717) is 17.4 Å². The summed E-state index contributed by atoms with van der Waals surface area (Å²) in [5.41, 5.74) is 0.844. The Morgan fingerprint density at radius 2 is 2.33 bits per heavy atom. The molecule has 2 aromatic rings. The van der Waals surface area contributed by atoms with Crippen LogP contribution < -0.4 is 0 Å². The van der Waals surface area contributed by atoms with Gasteiger partial charge >= 0.3 is 5.97 Å². The molecule has 0 spiro atoms. The molecule has 1 aliphatic carbocycles. The van der Waals surface area contributed by atoms with Crippen molar-refractivity contribution >= 4 is 23.2 Å². The smallest absolute Gasteiger partial charge is 0.318 e. The van der Waals surface area contributed by atoms with Crippen LogP contribution in [0.1, 0.15) is 25.5 Å². The van der Waals surface area contributed by atoms with E-state index in [0.717, 1.165) is 18.5 Å². The first-order valence-electron chi connectivity index (χ1n) is 5.85. The second kappa shape index (κ2) is 3.95. The molecule has 0 unspecified atom stereocenters. The topological polar surface area (TPSA) is 56.5 Å². The number of halogens is 1. The molecule has 3 rings (SSSR count). The first-order valence-corrected chi connectivity index (χ1v) is 6.23. The lowest BCUT2D eigenvalue weighted by Gasteiger charge is -2.10. The Labute approximate surface area is 109 Å². The summed E-state index contributed by atoms with van der Waals surface area (Å²) in [4.78, 5) is 16.4. The van der Waals surface area contributed by atoms with Crippen LogP contribution in [-0.2, 0) is 14.9 Å². The summed E-state index contributed by atoms with van der Waals surface area (Å²) in [5.74, 6) is -0.195. The maximum Gasteiger partial charge on any atom is 0.318 e. The normalized spacial score (nSPS) is 16.8. The minimum absolute atomic E-state index is 0.195. The number of nitrogens with zero attached hydrogens (tertiary/aromatic N) is 3. The fourth-order valence-corrected chi connectivity index (χ4v) is 2.19. The van der Waals surface area contributed by atoms with E-state index in [9.17, 15) is 4.79 Å². The highest BCUT2D eigenvalue weighted by molar-refractivity contribution is 6.29. The molecule has 94 valence electrons. The second-order valence-corrected chi connectivity index (χ2v) is 4.77. The van der Waals surface area contributed by atoms with Crippen LogP contribution in [0.25, 0.3) is 5.65 Å². The average molecular weight is 266 g/mol. The maximum atomic E-state index is 12.0. The Hall–Kier alpha value is -1.62. The van der Waals surface area contributed by atoms with Crippen LogP contribution in [0.2, 0.25) is 5.15 Å². The molecule has 0 bridgehead atoms. The third-order valence-electron chi connectivity index (χ3n) is 3.19. The lowest BCUT2D eigenvalue weighted by atomic mass is 10.0. The number of rotatable bonds is 3. The van der Waals surface area contributed by atoms with E-state index in [4.69, 9.17) is 16.3 Å². The first-order chi connectivity index (χ1) is 8.65. The van der Waals surface area contributed by atoms with Gasteiger partial charge in [0, 0.05) is 0 Å². The van der Waals surface area contributed by atoms with E-state index in [2.05, 4.69) is 10.1 Å². The predicted molar refractivity (Wildman–Crippen MR) is 65.5 cm³/mol. The van der Waals surface area contributed by atoms with Crippen molar-refractivity contribution in [2.45, 2.75) is 25.2 Å². The monoisotopic (exact) mass is 265 g/mol. The molecule has 1 aliphatic rings. The van der Waals surface area contributed by atoms with Gasteiger partial charge in [0.15, 0.2) is 5.65 Å². The van der Waals surface area contributed by atoms with Gasteiger partial charge in [-0.3, -0.25) is 4.79 Å². The Kier molecular flexibility index (Phi) is 2.52. The zero-order valence-corrected chi connectivity index (χ0v) is 10.6. The van der Waals surface area contributed by atoms with E-state index in [1.54, 1.807) is 29.8 Å². The zero-order chi connectivity index (χ0) is 12.8. The maximum absolute atomic E-state index is 12.0. The molecule has 0 aliphatic heterocycles. The highest BCUT2D eigenvalue weighted by atomic mass is 35.5. The summed E-state index contributed by atoms with van der Waals surface area (Å²) in [6, 6.07) is 3.46. The van der Waals surface area contributed by atoms with Crippen molar-refractivity contribution in [2.75, 3.05) is 6.61 Å². The van der Waals surface area contributed by atoms with Crippen molar-refractivity contribution in [3.8, 4) is 0 Å². The molecule has 0 aromatic carbocycles. The van der Waals surface area contributed by atoms with Crippen LogP contribution in [0.5, 0.6) is 0 Å². The van der Waals surface area contributed by atoms with Gasteiger partial charge in [-0.2, -0.15) is 5.10 Å². The molecule has 0 amide bonds. The van der Waals surface area contributed by atoms with Gasteiger partial charge in [0.05, 0.1) is 18.5 Å². The third kappa shape index (κ3) is 1.66. The minimum Gasteiger partial charge on any atom is -0.465 e. The van der Waals surface area contributed by atoms with E-state index in [1.807, 2.05) is 0 Å². The molecule has 0 radical (unpaired) electrons. The summed E-state index contributed by atoms with van der Waals surface area (Å²) >= 11 is 5.82. The molecule has 0 atom stereocenters. The zero-order valence-electron chi connectivity index (χ0n) is 9.89. The van der Waals surface area contributed by atoms with Crippen molar-refractivity contribution < 1.29 is 9.53 Å². The number of hydrogen-bond acceptors (Lipinski definition) is 4. The first kappa shape index (κ1) is 11.5. The van der Waals surface area contributed by atoms with E-state index in [-0.39, 0.29) is 5.97 Å². The van der Waals surface area contributed by atoms with Crippen molar-refractivity contribution in [3.63, 3.8) is 0 Å². The number of carbonyl (C=O) groups excluding carboxylic acids is 1. The van der Waals surface area contributed by atoms with Crippen LogP contribution in [0, 0.1) is 0 Å². The van der Waals surface area contributed by atoms with Crippen LogP contribution in [0.4, 0.5) is 0 Å². The molecule has 0 N–H and O–H groups in total. The molecular weight excluding hydrogens is 254 g/mol. The second-order valence-electron chi connectivity index (χ2n) is 4.39. The molecule has 6 heteroatoms. The van der Waals surface area contributed by atoms with Gasteiger partial charge in [0.1, 0.15) is 10.6 Å². The Morgan fingerprint density at radius 1 is 1.56 bits per heavy atom. The minimum atomic E-state index is -0.559. The van der Waals surface area contributed by atoms with Crippen LogP contribution in [0.3, 0.4) is 0 Å². The van der Waals surface area contributed by atoms with Gasteiger partial charge in [0.25, 0.3) is 0 Å². The van der Waals surface area contributed by atoms with Gasteiger partial charge in [-0.25, -0.2) is 9.50 Å². The number of ether oxygens (including phenoxy) is 1. The van der Waals surface area contributed by atoms with Gasteiger partial charge in [-0.15, -0.1) is 0 Å². The summed E-state index contributed by atoms with van der Waals surface area (Å²) in [6.45, 7) is 2.19. The number of carbonyl (C=O) groups is 1. The fraction of sp³-hybridized carbons (Fsp3) is 0.417. The van der Waals surface area contributed by atoms with Gasteiger partial charge < -0.3 is 4.74 Å². The van der Waals surface area contributed by atoms with E-state index < -0.39 is 5.41 Å². The number of esters is 1. The van der Waals surface area contributed by atoms with Gasteiger partial charge in [-0.05, 0) is 31.9 Å². The van der Waals surface area contributed by atoms with Crippen LogP contribution in [-0.4, -0.2) is 27.2 Å².